The quantitative estimate of drug-likeness (QED) is 0.873. The average Bonchev–Trinajstić information content (AvgIpc) is 2.78. The van der Waals surface area contributed by atoms with Crippen molar-refractivity contribution in [1.82, 2.24) is 14.9 Å². The van der Waals surface area contributed by atoms with Gasteiger partial charge in [-0.2, -0.15) is 0 Å². The Hall–Kier alpha value is -1.30. The minimum Gasteiger partial charge on any atom is -0.346 e. The molecule has 0 radical (unpaired) electrons. The number of rotatable bonds is 5. The molecule has 0 fully saturated rings. The van der Waals surface area contributed by atoms with Crippen molar-refractivity contribution < 1.29 is 4.79 Å². The van der Waals surface area contributed by atoms with Crippen molar-refractivity contribution in [3.63, 3.8) is 0 Å². The van der Waals surface area contributed by atoms with Gasteiger partial charge in [-0.25, -0.2) is 4.98 Å². The number of carbonyl (C=O) groups excluding carboxylic acids is 1. The van der Waals surface area contributed by atoms with Gasteiger partial charge in [0.25, 0.3) is 0 Å². The van der Waals surface area contributed by atoms with Gasteiger partial charge < -0.3 is 15.6 Å². The molecule has 0 bridgehead atoms. The van der Waals surface area contributed by atoms with Crippen LogP contribution in [0.15, 0.2) is 24.3 Å². The largest absolute Gasteiger partial charge is 0.346 e. The zero-order chi connectivity index (χ0) is 14.7. The van der Waals surface area contributed by atoms with Gasteiger partial charge in [0.05, 0.1) is 17.1 Å². The number of aromatic nitrogens is 2. The number of para-hydroxylation sites is 2. The number of nitrogens with two attached hydrogens (primary N) is 1. The van der Waals surface area contributed by atoms with Crippen LogP contribution < -0.4 is 11.1 Å². The molecule has 124 valence electrons. The van der Waals surface area contributed by atoms with E-state index in [-0.39, 0.29) is 42.8 Å². The first kappa shape index (κ1) is 20.7. The number of halogens is 2. The molecular weight excluding hydrogens is 323 g/mol. The summed E-state index contributed by atoms with van der Waals surface area (Å²) in [5.74, 6) is 0.842. The minimum atomic E-state index is -0.135. The number of amides is 1. The number of hydrogen-bond acceptors (Lipinski definition) is 3. The summed E-state index contributed by atoms with van der Waals surface area (Å²) in [4.78, 5) is 16.4. The van der Waals surface area contributed by atoms with E-state index in [4.69, 9.17) is 5.73 Å². The van der Waals surface area contributed by atoms with Gasteiger partial charge in [-0.1, -0.05) is 12.1 Å². The number of carbonyl (C=O) groups is 1. The van der Waals surface area contributed by atoms with Crippen molar-refractivity contribution in [2.24, 2.45) is 5.73 Å². The van der Waals surface area contributed by atoms with Crippen LogP contribution in [0.25, 0.3) is 11.0 Å². The lowest BCUT2D eigenvalue weighted by molar-refractivity contribution is -0.121. The first-order valence-corrected chi connectivity index (χ1v) is 7.01. The maximum atomic E-state index is 11.7. The lowest BCUT2D eigenvalue weighted by Gasteiger charge is -2.18. The molecule has 0 saturated heterocycles. The predicted octanol–water partition coefficient (Wildman–Crippen LogP) is 2.99. The highest BCUT2D eigenvalue weighted by molar-refractivity contribution is 5.85. The topological polar surface area (TPSA) is 72.9 Å². The molecule has 1 atom stereocenters. The Morgan fingerprint density at radius 1 is 1.27 bits per heavy atom. The molecule has 22 heavy (non-hydrogen) atoms. The van der Waals surface area contributed by atoms with Gasteiger partial charge in [-0.15, -0.1) is 24.8 Å². The van der Waals surface area contributed by atoms with Crippen molar-refractivity contribution in [3.05, 3.63) is 30.1 Å². The molecule has 5 nitrogen and oxygen atoms in total. The van der Waals surface area contributed by atoms with Gasteiger partial charge in [0.1, 0.15) is 5.82 Å². The Balaban J connectivity index is 0.00000220. The molecule has 0 aliphatic rings. The van der Waals surface area contributed by atoms with Crippen molar-refractivity contribution >= 4 is 41.8 Å². The normalized spacial score (nSPS) is 11.7. The van der Waals surface area contributed by atoms with Crippen LogP contribution in [0.3, 0.4) is 0 Å². The van der Waals surface area contributed by atoms with Crippen LogP contribution >= 0.6 is 24.8 Å². The molecule has 0 spiro atoms. The van der Waals surface area contributed by atoms with E-state index in [9.17, 15) is 4.79 Å². The van der Waals surface area contributed by atoms with Crippen molar-refractivity contribution in [2.45, 2.75) is 39.3 Å². The van der Waals surface area contributed by atoms with E-state index in [0.717, 1.165) is 16.9 Å². The molecule has 7 heteroatoms. The number of nitrogens with one attached hydrogen (secondary N) is 1. The first-order valence-electron chi connectivity index (χ1n) is 7.01. The molecular formula is C15H24Cl2N4O. The summed E-state index contributed by atoms with van der Waals surface area (Å²) in [5, 5.41) is 2.95. The van der Waals surface area contributed by atoms with Crippen LogP contribution in [0.1, 0.15) is 45.1 Å². The highest BCUT2D eigenvalue weighted by Gasteiger charge is 2.19. The predicted molar refractivity (Wildman–Crippen MR) is 94.8 cm³/mol. The molecule has 0 saturated carbocycles. The van der Waals surface area contributed by atoms with Crippen molar-refractivity contribution in [3.8, 4) is 0 Å². The van der Waals surface area contributed by atoms with Crippen LogP contribution in [-0.4, -0.2) is 22.0 Å². The Morgan fingerprint density at radius 3 is 2.50 bits per heavy atom. The molecule has 1 aromatic heterocycles. The first-order chi connectivity index (χ1) is 9.54. The number of fused-ring (bicyclic) bond motifs is 1. The lowest BCUT2D eigenvalue weighted by Crippen LogP contribution is -2.30. The number of imidazole rings is 1. The summed E-state index contributed by atoms with van der Waals surface area (Å²) in [7, 11) is 0. The zero-order valence-corrected chi connectivity index (χ0v) is 14.7. The third kappa shape index (κ3) is 4.35. The molecule has 1 aromatic carbocycles. The maximum Gasteiger partial charge on any atom is 0.221 e. The van der Waals surface area contributed by atoms with E-state index in [2.05, 4.69) is 34.8 Å². The van der Waals surface area contributed by atoms with Crippen LogP contribution in [0.5, 0.6) is 0 Å². The summed E-state index contributed by atoms with van der Waals surface area (Å²) in [6, 6.07) is 8.17. The standard InChI is InChI=1S/C15H22N4O.2ClH/c1-10(2)19-13-7-5-4-6-12(13)18-15(19)11(3)17-14(20)8-9-16;;/h4-7,10-11H,8-9,16H2,1-3H3,(H,17,20);2*1H. The molecule has 2 rings (SSSR count). The van der Waals surface area contributed by atoms with Gasteiger partial charge in [-0.05, 0) is 32.9 Å². The molecule has 0 aliphatic heterocycles. The SMILES string of the molecule is CC(NC(=O)CCN)c1nc2ccccc2n1C(C)C.Cl.Cl. The number of hydrogen-bond donors (Lipinski definition) is 2. The van der Waals surface area contributed by atoms with Gasteiger partial charge >= 0.3 is 0 Å². The second-order valence-corrected chi connectivity index (χ2v) is 5.25. The van der Waals surface area contributed by atoms with Gasteiger partial charge in [0.15, 0.2) is 0 Å². The van der Waals surface area contributed by atoms with E-state index < -0.39 is 0 Å². The molecule has 1 unspecified atom stereocenters. The van der Waals surface area contributed by atoms with E-state index in [1.165, 1.54) is 0 Å². The van der Waals surface area contributed by atoms with Gasteiger partial charge in [-0.3, -0.25) is 4.79 Å². The van der Waals surface area contributed by atoms with Gasteiger partial charge in [0.2, 0.25) is 5.91 Å². The average molecular weight is 347 g/mol. The monoisotopic (exact) mass is 346 g/mol. The fraction of sp³-hybridized carbons (Fsp3) is 0.467. The highest BCUT2D eigenvalue weighted by atomic mass is 35.5. The Kier molecular flexibility index (Phi) is 8.45. The summed E-state index contributed by atoms with van der Waals surface area (Å²) in [5.41, 5.74) is 7.45. The van der Waals surface area contributed by atoms with Crippen LogP contribution in [-0.2, 0) is 4.79 Å². The van der Waals surface area contributed by atoms with E-state index in [1.807, 2.05) is 25.1 Å². The minimum absolute atomic E-state index is 0. The Morgan fingerprint density at radius 2 is 1.91 bits per heavy atom. The van der Waals surface area contributed by atoms with Crippen LogP contribution in [0.2, 0.25) is 0 Å². The Bertz CT molecular complexity index is 613. The van der Waals surface area contributed by atoms with Crippen molar-refractivity contribution in [2.75, 3.05) is 6.54 Å². The molecule has 2 aromatic rings. The number of nitrogens with zero attached hydrogens (tertiary/aromatic N) is 2. The summed E-state index contributed by atoms with van der Waals surface area (Å²) in [6.07, 6.45) is 0.340. The lowest BCUT2D eigenvalue weighted by atomic mass is 10.2. The second-order valence-electron chi connectivity index (χ2n) is 5.25. The molecule has 0 aliphatic carbocycles. The maximum absolute atomic E-state index is 11.7. The van der Waals surface area contributed by atoms with Crippen LogP contribution in [0.4, 0.5) is 0 Å². The summed E-state index contributed by atoms with van der Waals surface area (Å²) < 4.78 is 2.17. The van der Waals surface area contributed by atoms with E-state index in [0.29, 0.717) is 13.0 Å². The summed E-state index contributed by atoms with van der Waals surface area (Å²) >= 11 is 0. The smallest absolute Gasteiger partial charge is 0.221 e. The third-order valence-electron chi connectivity index (χ3n) is 3.28. The van der Waals surface area contributed by atoms with Crippen LogP contribution in [0, 0.1) is 0 Å². The third-order valence-corrected chi connectivity index (χ3v) is 3.28. The molecule has 1 amide bonds. The highest BCUT2D eigenvalue weighted by Crippen LogP contribution is 2.24. The summed E-state index contributed by atoms with van der Waals surface area (Å²) in [6.45, 7) is 6.55. The second kappa shape index (κ2) is 8.98. The number of benzene rings is 1. The molecule has 3 N–H and O–H groups in total. The van der Waals surface area contributed by atoms with E-state index >= 15 is 0 Å². The fourth-order valence-electron chi connectivity index (χ4n) is 2.42. The Labute approximate surface area is 143 Å². The fourth-order valence-corrected chi connectivity index (χ4v) is 2.42. The van der Waals surface area contributed by atoms with E-state index in [1.54, 1.807) is 0 Å². The van der Waals surface area contributed by atoms with Crippen molar-refractivity contribution in [1.29, 1.82) is 0 Å². The molecule has 1 heterocycles. The zero-order valence-electron chi connectivity index (χ0n) is 13.1. The van der Waals surface area contributed by atoms with Gasteiger partial charge in [0, 0.05) is 19.0 Å².